The van der Waals surface area contributed by atoms with Crippen molar-refractivity contribution in [2.45, 2.75) is 6.54 Å². The number of anilines is 1. The van der Waals surface area contributed by atoms with Crippen molar-refractivity contribution in [2.24, 2.45) is 0 Å². The third-order valence-electron chi connectivity index (χ3n) is 2.46. The van der Waals surface area contributed by atoms with E-state index in [4.69, 9.17) is 0 Å². The molecule has 100 valence electrons. The van der Waals surface area contributed by atoms with Crippen LogP contribution >= 0.6 is 27.3 Å². The Bertz CT molecular complexity index is 588. The van der Waals surface area contributed by atoms with Gasteiger partial charge in [0, 0.05) is 19.3 Å². The molecule has 3 nitrogen and oxygen atoms in total. The lowest BCUT2D eigenvalue weighted by atomic mass is 10.3. The smallest absolute Gasteiger partial charge is 0.321 e. The van der Waals surface area contributed by atoms with E-state index < -0.39 is 0 Å². The molecule has 0 saturated carbocycles. The van der Waals surface area contributed by atoms with Crippen LogP contribution < -0.4 is 5.32 Å². The number of hydrogen-bond donors (Lipinski definition) is 1. The number of amides is 2. The number of benzene rings is 1. The van der Waals surface area contributed by atoms with Gasteiger partial charge in [0.1, 0.15) is 5.82 Å². The first kappa shape index (κ1) is 14.0. The fourth-order valence-corrected chi connectivity index (χ4v) is 2.76. The third-order valence-corrected chi connectivity index (χ3v) is 4.02. The van der Waals surface area contributed by atoms with Gasteiger partial charge >= 0.3 is 6.03 Å². The lowest BCUT2D eigenvalue weighted by molar-refractivity contribution is 0.221. The average molecular weight is 343 g/mol. The minimum atomic E-state index is -0.373. The lowest BCUT2D eigenvalue weighted by Crippen LogP contribution is -2.30. The molecule has 1 N–H and O–H groups in total. The first-order chi connectivity index (χ1) is 9.04. The highest BCUT2D eigenvalue weighted by Crippen LogP contribution is 2.21. The molecule has 0 bridgehead atoms. The summed E-state index contributed by atoms with van der Waals surface area (Å²) in [5, 5.41) is 4.63. The van der Waals surface area contributed by atoms with E-state index in [9.17, 15) is 9.18 Å². The van der Waals surface area contributed by atoms with Crippen molar-refractivity contribution in [1.82, 2.24) is 4.90 Å². The van der Waals surface area contributed by atoms with Gasteiger partial charge in [-0.2, -0.15) is 0 Å². The number of nitrogens with zero attached hydrogens (tertiary/aromatic N) is 1. The van der Waals surface area contributed by atoms with Gasteiger partial charge < -0.3 is 10.2 Å². The van der Waals surface area contributed by atoms with E-state index >= 15 is 0 Å². The fraction of sp³-hybridized carbons (Fsp3) is 0.154. The van der Waals surface area contributed by atoms with Gasteiger partial charge in [-0.3, -0.25) is 0 Å². The SMILES string of the molecule is CN(Cc1csc(Br)c1)C(=O)Nc1cccc(F)c1. The number of rotatable bonds is 3. The summed E-state index contributed by atoms with van der Waals surface area (Å²) < 4.78 is 14.0. The summed E-state index contributed by atoms with van der Waals surface area (Å²) >= 11 is 4.95. The average Bonchev–Trinajstić information content (AvgIpc) is 2.74. The van der Waals surface area contributed by atoms with Gasteiger partial charge in [0.15, 0.2) is 0 Å². The molecule has 0 aliphatic rings. The molecule has 1 aromatic carbocycles. The summed E-state index contributed by atoms with van der Waals surface area (Å²) in [6.07, 6.45) is 0. The molecule has 1 aromatic heterocycles. The minimum absolute atomic E-state index is 0.270. The van der Waals surface area contributed by atoms with Crippen molar-refractivity contribution in [3.8, 4) is 0 Å². The predicted octanol–water partition coefficient (Wildman–Crippen LogP) is 4.31. The number of carbonyl (C=O) groups excluding carboxylic acids is 1. The molecule has 0 radical (unpaired) electrons. The second-order valence-corrected chi connectivity index (χ2v) is 6.35. The molecule has 0 aliphatic carbocycles. The van der Waals surface area contributed by atoms with Crippen LogP contribution in [0.1, 0.15) is 5.56 Å². The quantitative estimate of drug-likeness (QED) is 0.885. The molecule has 2 rings (SSSR count). The lowest BCUT2D eigenvalue weighted by Gasteiger charge is -2.17. The van der Waals surface area contributed by atoms with E-state index in [0.717, 1.165) is 9.35 Å². The summed E-state index contributed by atoms with van der Waals surface area (Å²) in [6.45, 7) is 0.503. The number of carbonyl (C=O) groups is 1. The van der Waals surface area contributed by atoms with E-state index in [1.807, 2.05) is 11.4 Å². The Hall–Kier alpha value is -1.40. The maximum atomic E-state index is 13.0. The highest BCUT2D eigenvalue weighted by Gasteiger charge is 2.10. The Balaban J connectivity index is 1.96. The van der Waals surface area contributed by atoms with E-state index in [0.29, 0.717) is 12.2 Å². The van der Waals surface area contributed by atoms with Crippen molar-refractivity contribution in [3.63, 3.8) is 0 Å². The van der Waals surface area contributed by atoms with Crippen molar-refractivity contribution in [1.29, 1.82) is 0 Å². The Morgan fingerprint density at radius 3 is 2.89 bits per heavy atom. The first-order valence-corrected chi connectivity index (χ1v) is 7.22. The van der Waals surface area contributed by atoms with Crippen LogP contribution in [0.5, 0.6) is 0 Å². The molecule has 0 unspecified atom stereocenters. The second kappa shape index (κ2) is 6.16. The van der Waals surface area contributed by atoms with Crippen LogP contribution in [0, 0.1) is 5.82 Å². The zero-order valence-electron chi connectivity index (χ0n) is 10.2. The summed E-state index contributed by atoms with van der Waals surface area (Å²) in [4.78, 5) is 13.5. The number of thiophene rings is 1. The van der Waals surface area contributed by atoms with Crippen LogP contribution in [0.2, 0.25) is 0 Å². The highest BCUT2D eigenvalue weighted by molar-refractivity contribution is 9.11. The van der Waals surface area contributed by atoms with Crippen molar-refractivity contribution >= 4 is 39.0 Å². The van der Waals surface area contributed by atoms with Crippen LogP contribution in [-0.4, -0.2) is 18.0 Å². The van der Waals surface area contributed by atoms with Gasteiger partial charge in [-0.25, -0.2) is 9.18 Å². The van der Waals surface area contributed by atoms with Crippen LogP contribution in [0.25, 0.3) is 0 Å². The fourth-order valence-electron chi connectivity index (χ4n) is 1.56. The zero-order valence-corrected chi connectivity index (χ0v) is 12.6. The molecule has 2 aromatic rings. The van der Waals surface area contributed by atoms with Gasteiger partial charge in [0.2, 0.25) is 0 Å². The normalized spacial score (nSPS) is 10.3. The van der Waals surface area contributed by atoms with Gasteiger partial charge in [-0.15, -0.1) is 11.3 Å². The monoisotopic (exact) mass is 342 g/mol. The maximum absolute atomic E-state index is 13.0. The molecule has 0 aliphatic heterocycles. The topological polar surface area (TPSA) is 32.3 Å². The molecule has 0 fully saturated rings. The molecular weight excluding hydrogens is 331 g/mol. The van der Waals surface area contributed by atoms with E-state index in [1.54, 1.807) is 35.4 Å². The van der Waals surface area contributed by atoms with Crippen LogP contribution in [0.15, 0.2) is 39.5 Å². The Morgan fingerprint density at radius 2 is 2.26 bits per heavy atom. The molecule has 2 amide bonds. The van der Waals surface area contributed by atoms with Gasteiger partial charge in [0.05, 0.1) is 3.79 Å². The zero-order chi connectivity index (χ0) is 13.8. The van der Waals surface area contributed by atoms with Crippen LogP contribution in [-0.2, 0) is 6.54 Å². The van der Waals surface area contributed by atoms with E-state index in [2.05, 4.69) is 21.2 Å². The molecular formula is C13H12BrFN2OS. The largest absolute Gasteiger partial charge is 0.323 e. The molecule has 0 saturated heterocycles. The third kappa shape index (κ3) is 4.04. The standard InChI is InChI=1S/C13H12BrFN2OS/c1-17(7-9-5-12(14)19-8-9)13(18)16-11-4-2-3-10(15)6-11/h2-6,8H,7H2,1H3,(H,16,18). The number of nitrogens with one attached hydrogen (secondary N) is 1. The van der Waals surface area contributed by atoms with Crippen molar-refractivity contribution < 1.29 is 9.18 Å². The van der Waals surface area contributed by atoms with Gasteiger partial charge in [0.25, 0.3) is 0 Å². The van der Waals surface area contributed by atoms with Gasteiger partial charge in [-0.1, -0.05) is 6.07 Å². The second-order valence-electron chi connectivity index (χ2n) is 4.06. The predicted molar refractivity (Wildman–Crippen MR) is 78.9 cm³/mol. The highest BCUT2D eigenvalue weighted by atomic mass is 79.9. The van der Waals surface area contributed by atoms with E-state index in [1.165, 1.54) is 12.1 Å². The Morgan fingerprint density at radius 1 is 1.47 bits per heavy atom. The molecule has 19 heavy (non-hydrogen) atoms. The van der Waals surface area contributed by atoms with E-state index in [-0.39, 0.29) is 11.8 Å². The molecule has 0 atom stereocenters. The molecule has 6 heteroatoms. The molecule has 0 spiro atoms. The maximum Gasteiger partial charge on any atom is 0.321 e. The Kier molecular flexibility index (Phi) is 4.55. The number of halogens is 2. The minimum Gasteiger partial charge on any atom is -0.323 e. The van der Waals surface area contributed by atoms with Crippen molar-refractivity contribution in [2.75, 3.05) is 12.4 Å². The van der Waals surface area contributed by atoms with Crippen LogP contribution in [0.3, 0.4) is 0 Å². The summed E-state index contributed by atoms with van der Waals surface area (Å²) in [7, 11) is 1.69. The number of hydrogen-bond acceptors (Lipinski definition) is 2. The first-order valence-electron chi connectivity index (χ1n) is 5.55. The Labute approximate surface area is 123 Å². The summed E-state index contributed by atoms with van der Waals surface area (Å²) in [5.41, 5.74) is 1.50. The molecule has 1 heterocycles. The number of urea groups is 1. The summed E-state index contributed by atoms with van der Waals surface area (Å²) in [6, 6.07) is 7.52. The van der Waals surface area contributed by atoms with Crippen LogP contribution in [0.4, 0.5) is 14.9 Å². The summed E-state index contributed by atoms with van der Waals surface area (Å²) in [5.74, 6) is -0.373. The van der Waals surface area contributed by atoms with Crippen molar-refractivity contribution in [3.05, 3.63) is 50.9 Å². The van der Waals surface area contributed by atoms with Gasteiger partial charge in [-0.05, 0) is 51.1 Å².